The number of rotatable bonds is 18. The Morgan fingerprint density at radius 3 is 2.03 bits per heavy atom. The minimum atomic E-state index is -0.656. The Labute approximate surface area is 228 Å². The van der Waals surface area contributed by atoms with Crippen molar-refractivity contribution in [3.63, 3.8) is 0 Å². The van der Waals surface area contributed by atoms with Crippen LogP contribution >= 0.6 is 0 Å². The predicted molar refractivity (Wildman–Crippen MR) is 151 cm³/mol. The van der Waals surface area contributed by atoms with Crippen LogP contribution in [0, 0.1) is 0 Å². The molecule has 7 nitrogen and oxygen atoms in total. The zero-order chi connectivity index (χ0) is 27.2. The molecule has 1 aromatic carbocycles. The van der Waals surface area contributed by atoms with Gasteiger partial charge < -0.3 is 10.2 Å². The molecule has 0 spiro atoms. The first-order chi connectivity index (χ1) is 18.5. The van der Waals surface area contributed by atoms with Crippen LogP contribution < -0.4 is 10.6 Å². The molecule has 0 aromatic heterocycles. The highest BCUT2D eigenvalue weighted by Gasteiger charge is 2.39. The van der Waals surface area contributed by atoms with Crippen molar-refractivity contribution < 1.29 is 19.2 Å². The Morgan fingerprint density at radius 2 is 1.45 bits per heavy atom. The van der Waals surface area contributed by atoms with Gasteiger partial charge in [0.15, 0.2) is 0 Å². The molecule has 1 unspecified atom stereocenters. The van der Waals surface area contributed by atoms with Gasteiger partial charge in [0, 0.05) is 36.2 Å². The highest BCUT2D eigenvalue weighted by Crippen LogP contribution is 2.32. The molecule has 7 heteroatoms. The Balaban J connectivity index is 1.27. The summed E-state index contributed by atoms with van der Waals surface area (Å²) in [4.78, 5) is 50.8. The molecule has 1 atom stereocenters. The normalized spacial score (nSPS) is 17.0. The van der Waals surface area contributed by atoms with Crippen molar-refractivity contribution in [1.82, 2.24) is 10.2 Å². The molecule has 0 saturated carbocycles. The molecule has 2 N–H and O–H groups in total. The van der Waals surface area contributed by atoms with Gasteiger partial charge in [0.05, 0.1) is 0 Å². The van der Waals surface area contributed by atoms with Crippen LogP contribution in [-0.2, 0) is 20.9 Å². The van der Waals surface area contributed by atoms with E-state index in [9.17, 15) is 19.2 Å². The van der Waals surface area contributed by atoms with Crippen molar-refractivity contribution in [2.24, 2.45) is 0 Å². The molecule has 210 valence electrons. The van der Waals surface area contributed by atoms with E-state index >= 15 is 0 Å². The van der Waals surface area contributed by atoms with Gasteiger partial charge in [-0.2, -0.15) is 0 Å². The van der Waals surface area contributed by atoms with Crippen LogP contribution in [0.5, 0.6) is 0 Å². The zero-order valence-electron chi connectivity index (χ0n) is 23.3. The molecule has 4 amide bonds. The maximum Gasteiger partial charge on any atom is 0.255 e. The summed E-state index contributed by atoms with van der Waals surface area (Å²) in [7, 11) is 0. The molecule has 2 aliphatic heterocycles. The van der Waals surface area contributed by atoms with Gasteiger partial charge in [0.25, 0.3) is 5.91 Å². The number of nitrogens with one attached hydrogen (secondary N) is 2. The number of nitrogens with zero attached hydrogens (tertiary/aromatic N) is 1. The molecule has 2 heterocycles. The van der Waals surface area contributed by atoms with Crippen molar-refractivity contribution in [2.75, 3.05) is 5.32 Å². The average molecular weight is 526 g/mol. The number of unbranched alkanes of at least 4 members (excludes halogenated alkanes) is 14. The number of carbonyl (C=O) groups excluding carboxylic acids is 4. The molecule has 0 bridgehead atoms. The molecule has 1 saturated heterocycles. The highest BCUT2D eigenvalue weighted by molar-refractivity contribution is 6.06. The Morgan fingerprint density at radius 1 is 0.868 bits per heavy atom. The zero-order valence-corrected chi connectivity index (χ0v) is 23.3. The fourth-order valence-corrected chi connectivity index (χ4v) is 5.57. The summed E-state index contributed by atoms with van der Waals surface area (Å²) < 4.78 is 0. The number of fused-ring (bicyclic) bond motifs is 1. The maximum absolute atomic E-state index is 12.9. The van der Waals surface area contributed by atoms with Gasteiger partial charge in [-0.05, 0) is 25.0 Å². The summed E-state index contributed by atoms with van der Waals surface area (Å²) in [5.74, 6) is -1.00. The summed E-state index contributed by atoms with van der Waals surface area (Å²) in [6, 6.07) is 4.64. The van der Waals surface area contributed by atoms with Crippen LogP contribution in [0.2, 0.25) is 0 Å². The van der Waals surface area contributed by atoms with Crippen molar-refractivity contribution in [3.8, 4) is 0 Å². The number of anilines is 1. The highest BCUT2D eigenvalue weighted by atomic mass is 16.2. The standard InChI is InChI=1S/C31H47N3O4/c1-2-3-4-5-6-7-8-9-10-11-12-13-14-15-16-20-28(35)32-26-19-17-18-24-25(26)23-34(31(24)38)27-21-22-29(36)33-30(27)37/h17-19,27H,2-16,20-23H2,1H3,(H,32,35)(H,33,36,37). The van der Waals surface area contributed by atoms with Crippen LogP contribution in [0.25, 0.3) is 0 Å². The number of amides is 4. The molecule has 38 heavy (non-hydrogen) atoms. The van der Waals surface area contributed by atoms with E-state index in [1.165, 1.54) is 88.4 Å². The smallest absolute Gasteiger partial charge is 0.255 e. The molecule has 2 aliphatic rings. The van der Waals surface area contributed by atoms with E-state index < -0.39 is 11.9 Å². The summed E-state index contributed by atoms with van der Waals surface area (Å²) in [5, 5.41) is 5.30. The lowest BCUT2D eigenvalue weighted by Gasteiger charge is -2.29. The van der Waals surface area contributed by atoms with E-state index in [1.807, 2.05) is 6.07 Å². The fraction of sp³-hybridized carbons (Fsp3) is 0.677. The topological polar surface area (TPSA) is 95.6 Å². The summed E-state index contributed by atoms with van der Waals surface area (Å²) >= 11 is 0. The van der Waals surface area contributed by atoms with Crippen LogP contribution in [0.15, 0.2) is 18.2 Å². The second-order valence-corrected chi connectivity index (χ2v) is 11.0. The molecular weight excluding hydrogens is 478 g/mol. The Bertz CT molecular complexity index is 945. The summed E-state index contributed by atoms with van der Waals surface area (Å²) in [6.07, 6.45) is 20.4. The number of imide groups is 1. The van der Waals surface area contributed by atoms with Gasteiger partial charge >= 0.3 is 0 Å². The largest absolute Gasteiger partial charge is 0.326 e. The van der Waals surface area contributed by atoms with Crippen LogP contribution in [-0.4, -0.2) is 34.6 Å². The number of piperidine rings is 1. The van der Waals surface area contributed by atoms with Gasteiger partial charge in [0.2, 0.25) is 17.7 Å². The quantitative estimate of drug-likeness (QED) is 0.166. The number of hydrogen-bond donors (Lipinski definition) is 2. The first kappa shape index (κ1) is 29.9. The summed E-state index contributed by atoms with van der Waals surface area (Å²) in [6.45, 7) is 2.52. The molecule has 3 rings (SSSR count). The predicted octanol–water partition coefficient (Wildman–Crippen LogP) is 6.65. The van der Waals surface area contributed by atoms with E-state index in [-0.39, 0.29) is 30.7 Å². The lowest BCUT2D eigenvalue weighted by molar-refractivity contribution is -0.137. The lowest BCUT2D eigenvalue weighted by atomic mass is 10.0. The van der Waals surface area contributed by atoms with Gasteiger partial charge in [-0.3, -0.25) is 24.5 Å². The second kappa shape index (κ2) is 16.3. The number of carbonyl (C=O) groups is 4. The number of hydrogen-bond acceptors (Lipinski definition) is 4. The fourth-order valence-electron chi connectivity index (χ4n) is 5.57. The van der Waals surface area contributed by atoms with Crippen molar-refractivity contribution in [3.05, 3.63) is 29.3 Å². The first-order valence-corrected chi connectivity index (χ1v) is 15.1. The molecular formula is C31H47N3O4. The monoisotopic (exact) mass is 525 g/mol. The third kappa shape index (κ3) is 9.25. The van der Waals surface area contributed by atoms with Gasteiger partial charge in [-0.15, -0.1) is 0 Å². The van der Waals surface area contributed by atoms with Gasteiger partial charge in [-0.1, -0.05) is 103 Å². The maximum atomic E-state index is 12.9. The molecule has 0 radical (unpaired) electrons. The second-order valence-electron chi connectivity index (χ2n) is 11.0. The first-order valence-electron chi connectivity index (χ1n) is 15.1. The third-order valence-electron chi connectivity index (χ3n) is 7.86. The van der Waals surface area contributed by atoms with E-state index in [0.29, 0.717) is 24.1 Å². The van der Waals surface area contributed by atoms with Crippen molar-refractivity contribution >= 4 is 29.3 Å². The Kier molecular flexibility index (Phi) is 12.8. The lowest BCUT2D eigenvalue weighted by Crippen LogP contribution is -2.52. The molecule has 0 aliphatic carbocycles. The van der Waals surface area contributed by atoms with Crippen molar-refractivity contribution in [1.29, 1.82) is 0 Å². The van der Waals surface area contributed by atoms with Crippen LogP contribution in [0.3, 0.4) is 0 Å². The summed E-state index contributed by atoms with van der Waals surface area (Å²) in [5.41, 5.74) is 1.89. The third-order valence-corrected chi connectivity index (χ3v) is 7.86. The van der Waals surface area contributed by atoms with E-state index in [2.05, 4.69) is 17.6 Å². The van der Waals surface area contributed by atoms with E-state index in [4.69, 9.17) is 0 Å². The Hall–Kier alpha value is -2.70. The molecule has 1 fully saturated rings. The average Bonchev–Trinajstić information content (AvgIpc) is 3.23. The minimum Gasteiger partial charge on any atom is -0.326 e. The van der Waals surface area contributed by atoms with Gasteiger partial charge in [-0.25, -0.2) is 0 Å². The van der Waals surface area contributed by atoms with Gasteiger partial charge in [0.1, 0.15) is 6.04 Å². The van der Waals surface area contributed by atoms with Crippen LogP contribution in [0.4, 0.5) is 5.69 Å². The minimum absolute atomic E-state index is 0.0417. The van der Waals surface area contributed by atoms with Crippen LogP contribution in [0.1, 0.15) is 138 Å². The SMILES string of the molecule is CCCCCCCCCCCCCCCCCC(=O)Nc1cccc2c1CN(C1CCC(=O)NC1=O)C2=O. The molecule has 1 aromatic rings. The van der Waals surface area contributed by atoms with Crippen molar-refractivity contribution in [2.45, 2.75) is 135 Å². The number of benzene rings is 1. The van der Waals surface area contributed by atoms with E-state index in [1.54, 1.807) is 12.1 Å². The van der Waals surface area contributed by atoms with E-state index in [0.717, 1.165) is 18.4 Å².